The van der Waals surface area contributed by atoms with Crippen molar-refractivity contribution in [2.45, 2.75) is 18.7 Å². The van der Waals surface area contributed by atoms with Crippen molar-refractivity contribution in [3.63, 3.8) is 0 Å². The summed E-state index contributed by atoms with van der Waals surface area (Å²) in [5, 5.41) is 28.1. The van der Waals surface area contributed by atoms with Crippen LogP contribution in [-0.4, -0.2) is 21.9 Å². The average molecular weight is 251 g/mol. The number of aliphatic hydroxyl groups is 1. The molecule has 1 atom stereocenters. The highest BCUT2D eigenvalue weighted by Gasteiger charge is 2.37. The molecule has 0 aliphatic carbocycles. The van der Waals surface area contributed by atoms with Crippen LogP contribution in [0.2, 0.25) is 0 Å². The topological polar surface area (TPSA) is 86.7 Å². The van der Waals surface area contributed by atoms with Gasteiger partial charge in [-0.1, -0.05) is 0 Å². The molecule has 1 aromatic carbocycles. The van der Waals surface area contributed by atoms with E-state index in [0.29, 0.717) is 6.07 Å². The molecular weight excluding hydrogens is 239 g/mol. The third-order valence-electron chi connectivity index (χ3n) is 2.27. The summed E-state index contributed by atoms with van der Waals surface area (Å²) in [6.45, 7) is -0.0481. The lowest BCUT2D eigenvalue weighted by Gasteiger charge is -2.18. The van der Waals surface area contributed by atoms with E-state index in [1.165, 1.54) is 0 Å². The summed E-state index contributed by atoms with van der Waals surface area (Å²) >= 11 is 0. The van der Waals surface area contributed by atoms with Crippen molar-refractivity contribution in [2.24, 2.45) is 5.73 Å². The number of aliphatic hydroxyl groups excluding tert-OH is 1. The molecule has 7 heteroatoms. The van der Waals surface area contributed by atoms with Crippen molar-refractivity contribution in [3.05, 3.63) is 23.3 Å². The molecule has 0 radical (unpaired) electrons. The van der Waals surface area contributed by atoms with Crippen LogP contribution in [0, 0.1) is 0 Å². The summed E-state index contributed by atoms with van der Waals surface area (Å²) in [4.78, 5) is 0. The Bertz CT molecular complexity index is 407. The molecule has 1 unspecified atom stereocenters. The highest BCUT2D eigenvalue weighted by molar-refractivity contribution is 5.51. The number of aromatic hydroxyl groups is 2. The predicted octanol–water partition coefficient (Wildman–Crippen LogP) is 1.50. The largest absolute Gasteiger partial charge is 0.504 e. The Balaban J connectivity index is 3.36. The van der Waals surface area contributed by atoms with Crippen molar-refractivity contribution in [1.29, 1.82) is 0 Å². The zero-order chi connectivity index (χ0) is 13.2. The molecule has 0 spiro atoms. The molecule has 0 aromatic heterocycles. The van der Waals surface area contributed by atoms with E-state index in [1.54, 1.807) is 0 Å². The fourth-order valence-electron chi connectivity index (χ4n) is 1.48. The molecule has 96 valence electrons. The average Bonchev–Trinajstić information content (AvgIpc) is 2.20. The molecule has 4 nitrogen and oxygen atoms in total. The van der Waals surface area contributed by atoms with Gasteiger partial charge in [0.15, 0.2) is 11.5 Å². The summed E-state index contributed by atoms with van der Waals surface area (Å²) in [5.74, 6) is -1.69. The lowest BCUT2D eigenvalue weighted by Crippen LogP contribution is -2.14. The lowest BCUT2D eigenvalue weighted by atomic mass is 9.98. The zero-order valence-electron chi connectivity index (χ0n) is 8.70. The number of alkyl halides is 3. The van der Waals surface area contributed by atoms with E-state index in [9.17, 15) is 23.4 Å². The molecule has 0 heterocycles. The molecule has 0 aliphatic heterocycles. The van der Waals surface area contributed by atoms with Gasteiger partial charge in [0, 0.05) is 5.56 Å². The first kappa shape index (κ1) is 13.6. The van der Waals surface area contributed by atoms with Crippen LogP contribution in [0.1, 0.15) is 23.7 Å². The third-order valence-corrected chi connectivity index (χ3v) is 2.27. The van der Waals surface area contributed by atoms with Crippen LogP contribution in [-0.2, 0) is 6.18 Å². The first-order valence-corrected chi connectivity index (χ1v) is 4.79. The van der Waals surface area contributed by atoms with Gasteiger partial charge in [-0.3, -0.25) is 0 Å². The molecule has 0 saturated carbocycles. The number of rotatable bonds is 3. The smallest absolute Gasteiger partial charge is 0.416 e. The lowest BCUT2D eigenvalue weighted by molar-refractivity contribution is -0.139. The van der Waals surface area contributed by atoms with E-state index in [4.69, 9.17) is 10.8 Å². The number of phenolic OH excluding ortho intramolecular Hbond substituents is 2. The van der Waals surface area contributed by atoms with Crippen LogP contribution in [0.5, 0.6) is 11.5 Å². The molecule has 5 N–H and O–H groups in total. The van der Waals surface area contributed by atoms with Crippen molar-refractivity contribution >= 4 is 0 Å². The first-order valence-electron chi connectivity index (χ1n) is 4.79. The van der Waals surface area contributed by atoms with Gasteiger partial charge in [-0.15, -0.1) is 0 Å². The van der Waals surface area contributed by atoms with E-state index >= 15 is 0 Å². The molecule has 0 amide bonds. The van der Waals surface area contributed by atoms with Crippen LogP contribution in [0.4, 0.5) is 13.2 Å². The Kier molecular flexibility index (Phi) is 3.84. The van der Waals surface area contributed by atoms with Gasteiger partial charge in [-0.05, 0) is 25.1 Å². The maximum absolute atomic E-state index is 12.6. The zero-order valence-corrected chi connectivity index (χ0v) is 8.70. The minimum atomic E-state index is -4.73. The van der Waals surface area contributed by atoms with Gasteiger partial charge in [0.25, 0.3) is 0 Å². The van der Waals surface area contributed by atoms with E-state index in [0.717, 1.165) is 6.07 Å². The molecule has 0 saturated heterocycles. The molecule has 17 heavy (non-hydrogen) atoms. The number of hydrogen-bond acceptors (Lipinski definition) is 4. The van der Waals surface area contributed by atoms with Crippen LogP contribution in [0.3, 0.4) is 0 Å². The van der Waals surface area contributed by atoms with Crippen LogP contribution >= 0.6 is 0 Å². The van der Waals surface area contributed by atoms with Gasteiger partial charge in [0.1, 0.15) is 0 Å². The fourth-order valence-corrected chi connectivity index (χ4v) is 1.48. The molecule has 0 aliphatic rings. The van der Waals surface area contributed by atoms with Gasteiger partial charge in [0.2, 0.25) is 0 Å². The van der Waals surface area contributed by atoms with Gasteiger partial charge < -0.3 is 21.1 Å². The highest BCUT2D eigenvalue weighted by Crippen LogP contribution is 2.43. The summed E-state index contributed by atoms with van der Waals surface area (Å²) in [5.41, 5.74) is 3.20. The second-order valence-corrected chi connectivity index (χ2v) is 3.49. The molecule has 0 fully saturated rings. The second kappa shape index (κ2) is 4.80. The quantitative estimate of drug-likeness (QED) is 0.613. The number of hydrogen-bond donors (Lipinski definition) is 4. The molecular formula is C10H12F3NO3. The normalized spacial score (nSPS) is 13.7. The van der Waals surface area contributed by atoms with Gasteiger partial charge in [0.05, 0.1) is 11.7 Å². The molecule has 0 bridgehead atoms. The van der Waals surface area contributed by atoms with Gasteiger partial charge >= 0.3 is 6.18 Å². The van der Waals surface area contributed by atoms with Crippen molar-refractivity contribution in [3.8, 4) is 11.5 Å². The van der Waals surface area contributed by atoms with E-state index in [1.807, 2.05) is 0 Å². The number of halogens is 3. The Hall–Kier alpha value is -1.47. The van der Waals surface area contributed by atoms with E-state index in [2.05, 4.69) is 0 Å². The molecule has 1 rings (SSSR count). The van der Waals surface area contributed by atoms with Crippen molar-refractivity contribution < 1.29 is 28.5 Å². The minimum Gasteiger partial charge on any atom is -0.504 e. The monoisotopic (exact) mass is 251 g/mol. The van der Waals surface area contributed by atoms with Crippen LogP contribution < -0.4 is 5.73 Å². The summed E-state index contributed by atoms with van der Waals surface area (Å²) < 4.78 is 37.9. The number of nitrogens with two attached hydrogens (primary N) is 1. The summed E-state index contributed by atoms with van der Waals surface area (Å²) in [6.07, 6.45) is -6.46. The first-order chi connectivity index (χ1) is 7.79. The summed E-state index contributed by atoms with van der Waals surface area (Å²) in [7, 11) is 0. The van der Waals surface area contributed by atoms with E-state index < -0.39 is 34.9 Å². The maximum atomic E-state index is 12.6. The predicted molar refractivity (Wildman–Crippen MR) is 53.4 cm³/mol. The fraction of sp³-hybridized carbons (Fsp3) is 0.400. The third kappa shape index (κ3) is 2.80. The van der Waals surface area contributed by atoms with E-state index in [-0.39, 0.29) is 13.0 Å². The van der Waals surface area contributed by atoms with Crippen molar-refractivity contribution in [2.75, 3.05) is 6.54 Å². The molecule has 1 aromatic rings. The van der Waals surface area contributed by atoms with Crippen LogP contribution in [0.25, 0.3) is 0 Å². The Morgan fingerprint density at radius 2 is 1.82 bits per heavy atom. The SMILES string of the molecule is NCCC(O)c1c(C(F)(F)F)ccc(O)c1O. The van der Waals surface area contributed by atoms with Gasteiger partial charge in [-0.2, -0.15) is 13.2 Å². The number of phenols is 2. The Morgan fingerprint density at radius 3 is 2.29 bits per heavy atom. The van der Waals surface area contributed by atoms with Crippen molar-refractivity contribution in [1.82, 2.24) is 0 Å². The van der Waals surface area contributed by atoms with Gasteiger partial charge in [-0.25, -0.2) is 0 Å². The maximum Gasteiger partial charge on any atom is 0.416 e. The Labute approximate surface area is 95.1 Å². The Morgan fingerprint density at radius 1 is 1.24 bits per heavy atom. The van der Waals surface area contributed by atoms with Crippen LogP contribution in [0.15, 0.2) is 12.1 Å². The summed E-state index contributed by atoms with van der Waals surface area (Å²) in [6, 6.07) is 1.32. The second-order valence-electron chi connectivity index (χ2n) is 3.49. The highest BCUT2D eigenvalue weighted by atomic mass is 19.4. The standard InChI is InChI=1S/C10H12F3NO3/c11-10(12,13)5-1-2-7(16)9(17)8(5)6(15)3-4-14/h1-2,6,15-17H,3-4,14H2. The minimum absolute atomic E-state index is 0.0481. The number of benzene rings is 1.